The molecule has 3 rings (SSSR count). The summed E-state index contributed by atoms with van der Waals surface area (Å²) in [6.45, 7) is 1.50. The number of pyridine rings is 1. The Bertz CT molecular complexity index is 1000. The van der Waals surface area contributed by atoms with Crippen LogP contribution in [0.3, 0.4) is 0 Å². The number of carboxylic acids is 1. The van der Waals surface area contributed by atoms with Crippen molar-refractivity contribution in [2.45, 2.75) is 6.92 Å². The van der Waals surface area contributed by atoms with Crippen LogP contribution in [-0.2, 0) is 4.79 Å². The van der Waals surface area contributed by atoms with Crippen molar-refractivity contribution in [3.63, 3.8) is 0 Å². The van der Waals surface area contributed by atoms with Crippen LogP contribution in [0.2, 0.25) is 0 Å². The van der Waals surface area contributed by atoms with E-state index in [1.54, 1.807) is 31.4 Å². The van der Waals surface area contributed by atoms with Crippen molar-refractivity contribution in [2.24, 2.45) is 0 Å². The highest BCUT2D eigenvalue weighted by atomic mass is 16.5. The Kier molecular flexibility index (Phi) is 5.21. The van der Waals surface area contributed by atoms with E-state index >= 15 is 0 Å². The number of hydrogen-bond acceptors (Lipinski definition) is 5. The Labute approximate surface area is 156 Å². The molecule has 0 atom stereocenters. The highest BCUT2D eigenvalue weighted by Gasteiger charge is 2.09. The van der Waals surface area contributed by atoms with Crippen molar-refractivity contribution in [2.75, 3.05) is 19.0 Å². The lowest BCUT2D eigenvalue weighted by atomic mass is 10.1. The predicted molar refractivity (Wildman–Crippen MR) is 103 cm³/mol. The number of amides is 1. The van der Waals surface area contributed by atoms with E-state index in [0.29, 0.717) is 5.56 Å². The van der Waals surface area contributed by atoms with Crippen molar-refractivity contribution >= 4 is 34.2 Å². The molecule has 0 spiro atoms. The summed E-state index contributed by atoms with van der Waals surface area (Å²) < 4.78 is 5.26. The Morgan fingerprint density at radius 3 is 2.52 bits per heavy atom. The van der Waals surface area contributed by atoms with E-state index in [-0.39, 0.29) is 0 Å². The second-order valence-electron chi connectivity index (χ2n) is 5.97. The average Bonchev–Trinajstić information content (AvgIpc) is 2.66. The summed E-state index contributed by atoms with van der Waals surface area (Å²) in [5.74, 6) is -0.775. The maximum Gasteiger partial charge on any atom is 0.322 e. The molecule has 0 saturated carbocycles. The number of anilines is 2. The molecule has 27 heavy (non-hydrogen) atoms. The zero-order valence-corrected chi connectivity index (χ0v) is 14.9. The number of ether oxygens (including phenoxy) is 1. The van der Waals surface area contributed by atoms with Gasteiger partial charge in [0.25, 0.3) is 5.91 Å². The SMILES string of the molecule is COc1ccc2c(Nc3ccc(C(=O)NCC(=O)O)cc3)cc(C)nc2c1. The van der Waals surface area contributed by atoms with Gasteiger partial charge in [0.2, 0.25) is 0 Å². The molecule has 1 amide bonds. The molecule has 0 saturated heterocycles. The monoisotopic (exact) mass is 365 g/mol. The number of carbonyl (C=O) groups is 2. The van der Waals surface area contributed by atoms with Gasteiger partial charge in [0.15, 0.2) is 0 Å². The fourth-order valence-corrected chi connectivity index (χ4v) is 2.69. The first-order valence-corrected chi connectivity index (χ1v) is 8.29. The Hall–Kier alpha value is -3.61. The molecule has 138 valence electrons. The number of carbonyl (C=O) groups excluding carboxylic acids is 1. The van der Waals surface area contributed by atoms with Crippen molar-refractivity contribution < 1.29 is 19.4 Å². The third-order valence-corrected chi connectivity index (χ3v) is 3.97. The molecular formula is C20H19N3O4. The van der Waals surface area contributed by atoms with Crippen LogP contribution in [-0.4, -0.2) is 35.6 Å². The van der Waals surface area contributed by atoms with Gasteiger partial charge in [-0.15, -0.1) is 0 Å². The van der Waals surface area contributed by atoms with Crippen LogP contribution in [0.15, 0.2) is 48.5 Å². The maximum atomic E-state index is 11.9. The van der Waals surface area contributed by atoms with Crippen LogP contribution >= 0.6 is 0 Å². The number of aryl methyl sites for hydroxylation is 1. The van der Waals surface area contributed by atoms with Crippen LogP contribution in [0.4, 0.5) is 11.4 Å². The number of nitrogens with zero attached hydrogens (tertiary/aromatic N) is 1. The summed E-state index contributed by atoms with van der Waals surface area (Å²) in [5.41, 5.74) is 3.77. The number of hydrogen-bond donors (Lipinski definition) is 3. The number of methoxy groups -OCH3 is 1. The number of nitrogens with one attached hydrogen (secondary N) is 2. The molecule has 3 aromatic rings. The topological polar surface area (TPSA) is 101 Å². The third-order valence-electron chi connectivity index (χ3n) is 3.97. The summed E-state index contributed by atoms with van der Waals surface area (Å²) in [6.07, 6.45) is 0. The molecule has 2 aromatic carbocycles. The maximum absolute atomic E-state index is 11.9. The Morgan fingerprint density at radius 2 is 1.85 bits per heavy atom. The van der Waals surface area contributed by atoms with Gasteiger partial charge in [-0.3, -0.25) is 14.6 Å². The van der Waals surface area contributed by atoms with E-state index in [9.17, 15) is 9.59 Å². The third kappa shape index (κ3) is 4.33. The summed E-state index contributed by atoms with van der Waals surface area (Å²) in [7, 11) is 1.62. The van der Waals surface area contributed by atoms with Crippen molar-refractivity contribution in [1.82, 2.24) is 10.3 Å². The minimum absolute atomic E-state index is 0.391. The molecule has 7 heteroatoms. The van der Waals surface area contributed by atoms with E-state index in [0.717, 1.165) is 33.7 Å². The fourth-order valence-electron chi connectivity index (χ4n) is 2.69. The molecule has 0 aliphatic rings. The van der Waals surface area contributed by atoms with Gasteiger partial charge < -0.3 is 20.5 Å². The highest BCUT2D eigenvalue weighted by Crippen LogP contribution is 2.29. The predicted octanol–water partition coefficient (Wildman–Crippen LogP) is 3.11. The molecule has 0 fully saturated rings. The molecule has 1 heterocycles. The van der Waals surface area contributed by atoms with Gasteiger partial charge in [-0.2, -0.15) is 0 Å². The molecule has 1 aromatic heterocycles. The van der Waals surface area contributed by atoms with Crippen molar-refractivity contribution in [3.8, 4) is 5.75 Å². The lowest BCUT2D eigenvalue weighted by Crippen LogP contribution is -2.29. The number of fused-ring (bicyclic) bond motifs is 1. The lowest BCUT2D eigenvalue weighted by molar-refractivity contribution is -0.135. The standard InChI is InChI=1S/C20H19N3O4/c1-12-9-17(16-8-7-15(27-2)10-18(16)22-12)23-14-5-3-13(4-6-14)20(26)21-11-19(24)25/h3-10H,11H2,1-2H3,(H,21,26)(H,22,23)(H,24,25). The van der Waals surface area contributed by atoms with Crippen LogP contribution < -0.4 is 15.4 Å². The summed E-state index contributed by atoms with van der Waals surface area (Å²) in [5, 5.41) is 15.2. The van der Waals surface area contributed by atoms with Gasteiger partial charge in [0.05, 0.1) is 12.6 Å². The van der Waals surface area contributed by atoms with E-state index < -0.39 is 18.4 Å². The van der Waals surface area contributed by atoms with E-state index in [1.165, 1.54) is 0 Å². The zero-order valence-electron chi connectivity index (χ0n) is 14.9. The number of aromatic nitrogens is 1. The normalized spacial score (nSPS) is 10.4. The Morgan fingerprint density at radius 1 is 1.11 bits per heavy atom. The van der Waals surface area contributed by atoms with E-state index in [1.807, 2.05) is 31.2 Å². The van der Waals surface area contributed by atoms with Gasteiger partial charge in [-0.05, 0) is 49.4 Å². The molecule has 0 aliphatic heterocycles. The largest absolute Gasteiger partial charge is 0.497 e. The first-order valence-electron chi connectivity index (χ1n) is 8.29. The molecule has 0 radical (unpaired) electrons. The second-order valence-corrected chi connectivity index (χ2v) is 5.97. The van der Waals surface area contributed by atoms with Gasteiger partial charge in [0, 0.05) is 34.1 Å². The summed E-state index contributed by atoms with van der Waals surface area (Å²) in [4.78, 5) is 27.0. The highest BCUT2D eigenvalue weighted by molar-refractivity contribution is 5.97. The minimum Gasteiger partial charge on any atom is -0.497 e. The van der Waals surface area contributed by atoms with Gasteiger partial charge in [0.1, 0.15) is 12.3 Å². The molecule has 0 bridgehead atoms. The number of carboxylic acid groups (broad SMARTS) is 1. The first-order chi connectivity index (χ1) is 13.0. The minimum atomic E-state index is -1.08. The van der Waals surface area contributed by atoms with Crippen molar-refractivity contribution in [1.29, 1.82) is 0 Å². The number of benzene rings is 2. The summed E-state index contributed by atoms with van der Waals surface area (Å²) >= 11 is 0. The van der Waals surface area contributed by atoms with Crippen LogP contribution in [0.5, 0.6) is 5.75 Å². The Balaban J connectivity index is 1.83. The van der Waals surface area contributed by atoms with Crippen molar-refractivity contribution in [3.05, 3.63) is 59.8 Å². The number of rotatable bonds is 6. The van der Waals surface area contributed by atoms with Crippen LogP contribution in [0.1, 0.15) is 16.1 Å². The smallest absolute Gasteiger partial charge is 0.322 e. The van der Waals surface area contributed by atoms with Crippen LogP contribution in [0.25, 0.3) is 10.9 Å². The molecule has 3 N–H and O–H groups in total. The average molecular weight is 365 g/mol. The quantitative estimate of drug-likeness (QED) is 0.621. The number of aliphatic carboxylic acids is 1. The van der Waals surface area contributed by atoms with E-state index in [2.05, 4.69) is 15.6 Å². The van der Waals surface area contributed by atoms with Gasteiger partial charge in [-0.25, -0.2) is 0 Å². The second kappa shape index (κ2) is 7.74. The van der Waals surface area contributed by atoms with E-state index in [4.69, 9.17) is 9.84 Å². The summed E-state index contributed by atoms with van der Waals surface area (Å²) in [6, 6.07) is 14.4. The van der Waals surface area contributed by atoms with Gasteiger partial charge >= 0.3 is 5.97 Å². The van der Waals surface area contributed by atoms with Gasteiger partial charge in [-0.1, -0.05) is 0 Å². The molecule has 7 nitrogen and oxygen atoms in total. The zero-order chi connectivity index (χ0) is 19.4. The molecule has 0 unspecified atom stereocenters. The van der Waals surface area contributed by atoms with Crippen LogP contribution in [0, 0.1) is 6.92 Å². The molecule has 0 aliphatic carbocycles. The fraction of sp³-hybridized carbons (Fsp3) is 0.150. The molecular weight excluding hydrogens is 346 g/mol. The lowest BCUT2D eigenvalue weighted by Gasteiger charge is -2.12. The first kappa shape index (κ1) is 18.2.